The summed E-state index contributed by atoms with van der Waals surface area (Å²) in [5.74, 6) is -0.356. The second-order valence-corrected chi connectivity index (χ2v) is 5.35. The molecule has 104 valence electrons. The number of nitro benzene ring substituents is 1. The van der Waals surface area contributed by atoms with Crippen molar-refractivity contribution in [3.8, 4) is 0 Å². The SMILES string of the molecule is CCOC(=O)C(Br)Cc1cc([N+](=O)[O-])c(C)cc1C. The highest BCUT2D eigenvalue weighted by Gasteiger charge is 2.20. The van der Waals surface area contributed by atoms with Gasteiger partial charge in [-0.3, -0.25) is 14.9 Å². The Hall–Kier alpha value is -1.43. The Labute approximate surface area is 120 Å². The van der Waals surface area contributed by atoms with Crippen molar-refractivity contribution < 1.29 is 14.5 Å². The van der Waals surface area contributed by atoms with Gasteiger partial charge in [-0.05, 0) is 44.4 Å². The molecule has 19 heavy (non-hydrogen) atoms. The third-order valence-electron chi connectivity index (χ3n) is 2.79. The van der Waals surface area contributed by atoms with E-state index in [2.05, 4.69) is 15.9 Å². The van der Waals surface area contributed by atoms with Crippen LogP contribution in [0.4, 0.5) is 5.69 Å². The third kappa shape index (κ3) is 4.02. The van der Waals surface area contributed by atoms with Crippen molar-refractivity contribution >= 4 is 27.6 Å². The molecular weight excluding hydrogens is 314 g/mol. The Morgan fingerprint density at radius 2 is 2.05 bits per heavy atom. The van der Waals surface area contributed by atoms with Crippen LogP contribution in [-0.4, -0.2) is 22.3 Å². The van der Waals surface area contributed by atoms with Gasteiger partial charge in [0.05, 0.1) is 11.5 Å². The summed E-state index contributed by atoms with van der Waals surface area (Å²) in [7, 11) is 0. The standard InChI is InChI=1S/C13H16BrNO4/c1-4-19-13(16)11(14)6-10-7-12(15(17)18)9(3)5-8(10)2/h5,7,11H,4,6H2,1-3H3. The van der Waals surface area contributed by atoms with Crippen molar-refractivity contribution in [3.63, 3.8) is 0 Å². The van der Waals surface area contributed by atoms with Gasteiger partial charge in [-0.15, -0.1) is 0 Å². The van der Waals surface area contributed by atoms with Crippen LogP contribution in [0, 0.1) is 24.0 Å². The van der Waals surface area contributed by atoms with Crippen LogP contribution < -0.4 is 0 Å². The monoisotopic (exact) mass is 329 g/mol. The smallest absolute Gasteiger partial charge is 0.320 e. The predicted molar refractivity (Wildman–Crippen MR) is 75.6 cm³/mol. The molecule has 0 amide bonds. The number of hydrogen-bond acceptors (Lipinski definition) is 4. The Bertz CT molecular complexity index is 502. The first-order valence-corrected chi connectivity index (χ1v) is 6.83. The number of carbonyl (C=O) groups is 1. The molecule has 0 N–H and O–H groups in total. The van der Waals surface area contributed by atoms with E-state index in [1.165, 1.54) is 6.07 Å². The van der Waals surface area contributed by atoms with Crippen LogP contribution in [0.5, 0.6) is 0 Å². The largest absolute Gasteiger partial charge is 0.465 e. The zero-order valence-corrected chi connectivity index (χ0v) is 12.7. The molecule has 0 aromatic heterocycles. The van der Waals surface area contributed by atoms with Crippen LogP contribution in [0.2, 0.25) is 0 Å². The van der Waals surface area contributed by atoms with Gasteiger partial charge in [0, 0.05) is 11.6 Å². The number of alkyl halides is 1. The summed E-state index contributed by atoms with van der Waals surface area (Å²) in [5.41, 5.74) is 2.39. The fraction of sp³-hybridized carbons (Fsp3) is 0.462. The van der Waals surface area contributed by atoms with Crippen LogP contribution in [0.1, 0.15) is 23.6 Å². The van der Waals surface area contributed by atoms with Crippen LogP contribution in [0.3, 0.4) is 0 Å². The number of nitro groups is 1. The van der Waals surface area contributed by atoms with Crippen molar-refractivity contribution in [1.82, 2.24) is 0 Å². The fourth-order valence-corrected chi connectivity index (χ4v) is 2.29. The minimum absolute atomic E-state index is 0.0733. The number of aryl methyl sites for hydroxylation is 2. The lowest BCUT2D eigenvalue weighted by Crippen LogP contribution is -2.20. The number of hydrogen-bond donors (Lipinski definition) is 0. The van der Waals surface area contributed by atoms with Crippen molar-refractivity contribution in [3.05, 3.63) is 38.9 Å². The van der Waals surface area contributed by atoms with Crippen LogP contribution in [0.25, 0.3) is 0 Å². The molecule has 0 saturated carbocycles. The average molecular weight is 330 g/mol. The lowest BCUT2D eigenvalue weighted by molar-refractivity contribution is -0.385. The Morgan fingerprint density at radius 3 is 2.58 bits per heavy atom. The van der Waals surface area contributed by atoms with E-state index < -0.39 is 9.75 Å². The first-order chi connectivity index (χ1) is 8.86. The summed E-state index contributed by atoms with van der Waals surface area (Å²) in [6, 6.07) is 3.29. The average Bonchev–Trinajstić information content (AvgIpc) is 2.32. The molecule has 0 aliphatic carbocycles. The highest BCUT2D eigenvalue weighted by molar-refractivity contribution is 9.10. The summed E-state index contributed by atoms with van der Waals surface area (Å²) in [6.45, 7) is 5.62. The Kier molecular flexibility index (Phi) is 5.47. The zero-order valence-electron chi connectivity index (χ0n) is 11.1. The van der Waals surface area contributed by atoms with Crippen molar-refractivity contribution in [1.29, 1.82) is 0 Å². The zero-order chi connectivity index (χ0) is 14.6. The molecule has 1 unspecified atom stereocenters. The second-order valence-electron chi connectivity index (χ2n) is 4.25. The molecule has 0 fully saturated rings. The van der Waals surface area contributed by atoms with E-state index in [1.807, 2.05) is 6.92 Å². The Balaban J connectivity index is 2.98. The van der Waals surface area contributed by atoms with Gasteiger partial charge < -0.3 is 4.74 Å². The van der Waals surface area contributed by atoms with Crippen LogP contribution in [0.15, 0.2) is 12.1 Å². The van der Waals surface area contributed by atoms with E-state index in [9.17, 15) is 14.9 Å². The van der Waals surface area contributed by atoms with Crippen LogP contribution >= 0.6 is 15.9 Å². The lowest BCUT2D eigenvalue weighted by atomic mass is 10.00. The normalized spacial score (nSPS) is 12.0. The molecule has 5 nitrogen and oxygen atoms in total. The van der Waals surface area contributed by atoms with Crippen molar-refractivity contribution in [2.75, 3.05) is 6.61 Å². The van der Waals surface area contributed by atoms with Crippen molar-refractivity contribution in [2.24, 2.45) is 0 Å². The van der Waals surface area contributed by atoms with Gasteiger partial charge in [0.15, 0.2) is 0 Å². The molecule has 1 rings (SSSR count). The van der Waals surface area contributed by atoms with E-state index in [0.29, 0.717) is 18.6 Å². The molecule has 0 bridgehead atoms. The summed E-state index contributed by atoms with van der Waals surface area (Å²) in [4.78, 5) is 21.5. The highest BCUT2D eigenvalue weighted by atomic mass is 79.9. The quantitative estimate of drug-likeness (QED) is 0.360. The topological polar surface area (TPSA) is 69.4 Å². The fourth-order valence-electron chi connectivity index (χ4n) is 1.81. The Morgan fingerprint density at radius 1 is 1.42 bits per heavy atom. The molecule has 0 spiro atoms. The van der Waals surface area contributed by atoms with Crippen molar-refractivity contribution in [2.45, 2.75) is 32.0 Å². The highest BCUT2D eigenvalue weighted by Crippen LogP contribution is 2.25. The first kappa shape index (κ1) is 15.6. The molecular formula is C13H16BrNO4. The number of carbonyl (C=O) groups excluding carboxylic acids is 1. The van der Waals surface area contributed by atoms with Gasteiger partial charge >= 0.3 is 5.97 Å². The van der Waals surface area contributed by atoms with Crippen LogP contribution in [-0.2, 0) is 16.0 Å². The molecule has 0 heterocycles. The van der Waals surface area contributed by atoms with E-state index in [1.54, 1.807) is 19.9 Å². The maximum absolute atomic E-state index is 11.5. The summed E-state index contributed by atoms with van der Waals surface area (Å²) >= 11 is 3.25. The molecule has 0 aliphatic rings. The summed E-state index contributed by atoms with van der Waals surface area (Å²) in [5, 5.41) is 10.9. The van der Waals surface area contributed by atoms with Gasteiger partial charge in [-0.25, -0.2) is 0 Å². The number of nitrogens with zero attached hydrogens (tertiary/aromatic N) is 1. The molecule has 1 atom stereocenters. The van der Waals surface area contributed by atoms with E-state index in [0.717, 1.165) is 11.1 Å². The molecule has 1 aromatic carbocycles. The minimum Gasteiger partial charge on any atom is -0.465 e. The van der Waals surface area contributed by atoms with Gasteiger partial charge in [0.2, 0.25) is 0 Å². The predicted octanol–water partition coefficient (Wildman–Crippen LogP) is 3.08. The number of benzene rings is 1. The van der Waals surface area contributed by atoms with Gasteiger partial charge in [0.25, 0.3) is 5.69 Å². The molecule has 0 aliphatic heterocycles. The molecule has 6 heteroatoms. The number of esters is 1. The minimum atomic E-state index is -0.492. The van der Waals surface area contributed by atoms with E-state index in [4.69, 9.17) is 4.74 Å². The van der Waals surface area contributed by atoms with Gasteiger partial charge in [-0.1, -0.05) is 15.9 Å². The van der Waals surface area contributed by atoms with Gasteiger partial charge in [-0.2, -0.15) is 0 Å². The molecule has 0 saturated heterocycles. The van der Waals surface area contributed by atoms with E-state index >= 15 is 0 Å². The maximum atomic E-state index is 11.5. The second kappa shape index (κ2) is 6.65. The summed E-state index contributed by atoms with van der Waals surface area (Å²) in [6.07, 6.45) is 0.367. The number of ether oxygens (including phenoxy) is 1. The van der Waals surface area contributed by atoms with E-state index in [-0.39, 0.29) is 11.7 Å². The molecule has 0 radical (unpaired) electrons. The number of rotatable bonds is 5. The maximum Gasteiger partial charge on any atom is 0.320 e. The number of halogens is 1. The summed E-state index contributed by atoms with van der Waals surface area (Å²) < 4.78 is 4.90. The third-order valence-corrected chi connectivity index (χ3v) is 3.49. The first-order valence-electron chi connectivity index (χ1n) is 5.92. The molecule has 1 aromatic rings. The van der Waals surface area contributed by atoms with Gasteiger partial charge in [0.1, 0.15) is 4.83 Å². The lowest BCUT2D eigenvalue weighted by Gasteiger charge is -2.12.